The molecule has 7 N–H and O–H groups in total. The monoisotopic (exact) mass is 403 g/mol. The molecule has 0 aliphatic rings. The van der Waals surface area contributed by atoms with Crippen LogP contribution >= 0.6 is 0 Å². The van der Waals surface area contributed by atoms with E-state index in [9.17, 15) is 9.59 Å². The van der Waals surface area contributed by atoms with Crippen LogP contribution in [-0.4, -0.2) is 38.6 Å². The fourth-order valence-corrected chi connectivity index (χ4v) is 2.75. The smallest absolute Gasteiger partial charge is 0.312 e. The molecule has 10 heteroatoms. The first-order chi connectivity index (χ1) is 13.8. The van der Waals surface area contributed by atoms with E-state index in [-0.39, 0.29) is 24.5 Å². The Kier molecular flexibility index (Phi) is 8.10. The number of amides is 3. The van der Waals surface area contributed by atoms with Crippen LogP contribution in [0.3, 0.4) is 0 Å². The third-order valence-electron chi connectivity index (χ3n) is 4.57. The van der Waals surface area contributed by atoms with Crippen LogP contribution < -0.4 is 22.1 Å². The lowest BCUT2D eigenvalue weighted by atomic mass is 10.0. The van der Waals surface area contributed by atoms with E-state index in [1.54, 1.807) is 30.5 Å². The first kappa shape index (κ1) is 22.3. The number of aliphatic hydroxyl groups excluding tert-OH is 1. The average Bonchev–Trinajstić information content (AvgIpc) is 3.17. The molecule has 29 heavy (non-hydrogen) atoms. The van der Waals surface area contributed by atoms with E-state index in [4.69, 9.17) is 16.6 Å². The molecule has 2 aromatic rings. The van der Waals surface area contributed by atoms with Crippen molar-refractivity contribution in [3.05, 3.63) is 41.7 Å². The summed E-state index contributed by atoms with van der Waals surface area (Å²) in [6.45, 7) is 4.25. The number of rotatable bonds is 10. The number of nitrogens with zero attached hydrogens (tertiary/aromatic N) is 3. The number of nitrogens with two attached hydrogens (primary N) is 2. The molecule has 0 radical (unpaired) electrons. The van der Waals surface area contributed by atoms with Gasteiger partial charge in [0.25, 0.3) is 0 Å². The Bertz CT molecular complexity index is 804. The van der Waals surface area contributed by atoms with Gasteiger partial charge in [0.2, 0.25) is 5.91 Å². The summed E-state index contributed by atoms with van der Waals surface area (Å²) in [6, 6.07) is 5.37. The summed E-state index contributed by atoms with van der Waals surface area (Å²) in [4.78, 5) is 23.8. The third-order valence-corrected chi connectivity index (χ3v) is 4.57. The summed E-state index contributed by atoms with van der Waals surface area (Å²) in [7, 11) is 0. The topological polar surface area (TPSA) is 161 Å². The summed E-state index contributed by atoms with van der Waals surface area (Å²) in [5.41, 5.74) is 13.2. The second kappa shape index (κ2) is 10.5. The van der Waals surface area contributed by atoms with Crippen LogP contribution in [0.15, 0.2) is 30.5 Å². The van der Waals surface area contributed by atoms with E-state index in [0.29, 0.717) is 30.8 Å². The van der Waals surface area contributed by atoms with Gasteiger partial charge in [0, 0.05) is 12.2 Å². The van der Waals surface area contributed by atoms with Gasteiger partial charge in [-0.15, -0.1) is 5.10 Å². The maximum atomic E-state index is 12.9. The van der Waals surface area contributed by atoms with Crippen LogP contribution in [0.25, 0.3) is 0 Å². The Morgan fingerprint density at radius 2 is 1.93 bits per heavy atom. The van der Waals surface area contributed by atoms with Gasteiger partial charge in [0.15, 0.2) is 0 Å². The summed E-state index contributed by atoms with van der Waals surface area (Å²) in [6.07, 6.45) is 2.63. The minimum absolute atomic E-state index is 0.0679. The number of primary amides is 1. The number of carbonyl (C=O) groups is 2. The zero-order valence-corrected chi connectivity index (χ0v) is 16.7. The highest BCUT2D eigenvalue weighted by Gasteiger charge is 2.24. The van der Waals surface area contributed by atoms with Gasteiger partial charge in [0.05, 0.1) is 24.5 Å². The van der Waals surface area contributed by atoms with E-state index >= 15 is 0 Å². The first-order valence-corrected chi connectivity index (χ1v) is 9.53. The van der Waals surface area contributed by atoms with Crippen LogP contribution in [0.2, 0.25) is 0 Å². The van der Waals surface area contributed by atoms with Crippen LogP contribution in [0.1, 0.15) is 50.0 Å². The van der Waals surface area contributed by atoms with Crippen molar-refractivity contribution in [2.75, 3.05) is 11.9 Å². The standard InChI is InChI=1S/C19H29N7O3/c1-12(2)17(20)15-10-26(25-24-15)16(4-3-9-22-19(21)29)18(28)23-14-7-5-13(11-27)6-8-14/h5-8,10,12,16-17,27H,3-4,9,11,20H2,1-2H3,(H,23,28)(H3,21,22,29)/t16-,17-/m0/s1. The summed E-state index contributed by atoms with van der Waals surface area (Å²) >= 11 is 0. The van der Waals surface area contributed by atoms with Crippen molar-refractivity contribution in [3.8, 4) is 0 Å². The number of aliphatic hydroxyl groups is 1. The molecule has 0 aliphatic heterocycles. The van der Waals surface area contributed by atoms with Crippen molar-refractivity contribution in [3.63, 3.8) is 0 Å². The number of benzene rings is 1. The van der Waals surface area contributed by atoms with Crippen LogP contribution in [0.4, 0.5) is 10.5 Å². The largest absolute Gasteiger partial charge is 0.392 e. The zero-order valence-electron chi connectivity index (χ0n) is 16.7. The number of nitrogens with one attached hydrogen (secondary N) is 2. The second-order valence-corrected chi connectivity index (χ2v) is 7.19. The van der Waals surface area contributed by atoms with Crippen molar-refractivity contribution in [2.24, 2.45) is 17.4 Å². The van der Waals surface area contributed by atoms with E-state index in [1.807, 2.05) is 13.8 Å². The number of urea groups is 1. The number of carbonyl (C=O) groups excluding carboxylic acids is 2. The molecular weight excluding hydrogens is 374 g/mol. The van der Waals surface area contributed by atoms with Crippen molar-refractivity contribution < 1.29 is 14.7 Å². The number of aromatic nitrogens is 3. The third kappa shape index (κ3) is 6.54. The van der Waals surface area contributed by atoms with Crippen molar-refractivity contribution in [2.45, 2.75) is 45.4 Å². The van der Waals surface area contributed by atoms with Gasteiger partial charge in [-0.3, -0.25) is 4.79 Å². The van der Waals surface area contributed by atoms with E-state index in [2.05, 4.69) is 20.9 Å². The highest BCUT2D eigenvalue weighted by Crippen LogP contribution is 2.21. The molecule has 1 aromatic heterocycles. The summed E-state index contributed by atoms with van der Waals surface area (Å²) in [5.74, 6) is -0.0902. The van der Waals surface area contributed by atoms with Gasteiger partial charge < -0.3 is 27.2 Å². The molecule has 0 fully saturated rings. The SMILES string of the molecule is CC(C)[C@H](N)c1cn([C@@H](CCCNC(N)=O)C(=O)Nc2ccc(CO)cc2)nn1. The lowest BCUT2D eigenvalue weighted by Crippen LogP contribution is -2.31. The Hall–Kier alpha value is -2.98. The Labute approximate surface area is 169 Å². The highest BCUT2D eigenvalue weighted by molar-refractivity contribution is 5.93. The predicted molar refractivity (Wildman–Crippen MR) is 109 cm³/mol. The van der Waals surface area contributed by atoms with E-state index in [0.717, 1.165) is 5.56 Å². The van der Waals surface area contributed by atoms with Gasteiger partial charge in [0.1, 0.15) is 6.04 Å². The molecule has 2 rings (SSSR count). The molecule has 0 aliphatic carbocycles. The average molecular weight is 403 g/mol. The van der Waals surface area contributed by atoms with Gasteiger partial charge >= 0.3 is 6.03 Å². The molecule has 1 aromatic carbocycles. The molecule has 10 nitrogen and oxygen atoms in total. The molecule has 1 heterocycles. The minimum atomic E-state index is -0.636. The van der Waals surface area contributed by atoms with Crippen LogP contribution in [0.5, 0.6) is 0 Å². The minimum Gasteiger partial charge on any atom is -0.392 e. The Balaban J connectivity index is 2.14. The second-order valence-electron chi connectivity index (χ2n) is 7.19. The zero-order chi connectivity index (χ0) is 21.4. The quantitative estimate of drug-likeness (QED) is 0.373. The molecule has 158 valence electrons. The van der Waals surface area contributed by atoms with Gasteiger partial charge in [-0.25, -0.2) is 9.48 Å². The van der Waals surface area contributed by atoms with Gasteiger partial charge in [-0.05, 0) is 36.5 Å². The fraction of sp³-hybridized carbons (Fsp3) is 0.474. The van der Waals surface area contributed by atoms with Crippen molar-refractivity contribution in [1.29, 1.82) is 0 Å². The number of hydrogen-bond acceptors (Lipinski definition) is 6. The Morgan fingerprint density at radius 3 is 2.52 bits per heavy atom. The van der Waals surface area contributed by atoms with Crippen LogP contribution in [-0.2, 0) is 11.4 Å². The fourth-order valence-electron chi connectivity index (χ4n) is 2.75. The van der Waals surface area contributed by atoms with Gasteiger partial charge in [-0.2, -0.15) is 0 Å². The van der Waals surface area contributed by atoms with Crippen LogP contribution in [0, 0.1) is 5.92 Å². The summed E-state index contributed by atoms with van der Waals surface area (Å²) < 4.78 is 1.50. The lowest BCUT2D eigenvalue weighted by molar-refractivity contribution is -0.119. The maximum absolute atomic E-state index is 12.9. The molecule has 0 spiro atoms. The number of anilines is 1. The highest BCUT2D eigenvalue weighted by atomic mass is 16.3. The summed E-state index contributed by atoms with van der Waals surface area (Å²) in [5, 5.41) is 22.7. The molecule has 0 unspecified atom stereocenters. The Morgan fingerprint density at radius 1 is 1.24 bits per heavy atom. The van der Waals surface area contributed by atoms with Crippen molar-refractivity contribution in [1.82, 2.24) is 20.3 Å². The normalized spacial score (nSPS) is 13.1. The molecule has 0 saturated carbocycles. The molecule has 3 amide bonds. The molecule has 2 atom stereocenters. The molecular formula is C19H29N7O3. The van der Waals surface area contributed by atoms with Gasteiger partial charge in [-0.1, -0.05) is 31.2 Å². The lowest BCUT2D eigenvalue weighted by Gasteiger charge is -2.17. The predicted octanol–water partition coefficient (Wildman–Crippen LogP) is 1.05. The van der Waals surface area contributed by atoms with Crippen molar-refractivity contribution >= 4 is 17.6 Å². The first-order valence-electron chi connectivity index (χ1n) is 9.53. The maximum Gasteiger partial charge on any atom is 0.312 e. The molecule has 0 saturated heterocycles. The van der Waals surface area contributed by atoms with E-state index < -0.39 is 12.1 Å². The van der Waals surface area contributed by atoms with E-state index in [1.165, 1.54) is 4.68 Å². The number of hydrogen-bond donors (Lipinski definition) is 5. The molecule has 0 bridgehead atoms.